The quantitative estimate of drug-likeness (QED) is 0.582. The van der Waals surface area contributed by atoms with Gasteiger partial charge in [0.2, 0.25) is 5.91 Å². The summed E-state index contributed by atoms with van der Waals surface area (Å²) >= 11 is 11.4. The molecule has 0 aliphatic heterocycles. The summed E-state index contributed by atoms with van der Waals surface area (Å²) in [6.45, 7) is 0. The molecule has 1 atom stereocenters. The fourth-order valence-corrected chi connectivity index (χ4v) is 4.56. The van der Waals surface area contributed by atoms with Gasteiger partial charge in [0.15, 0.2) is 0 Å². The van der Waals surface area contributed by atoms with Crippen molar-refractivity contribution in [3.63, 3.8) is 0 Å². The molecule has 0 radical (unpaired) electrons. The Morgan fingerprint density at radius 3 is 2.43 bits per heavy atom. The minimum absolute atomic E-state index is 0.180. The molecule has 0 heterocycles. The highest BCUT2D eigenvalue weighted by Gasteiger charge is 2.15. The number of anilines is 1. The van der Waals surface area contributed by atoms with Gasteiger partial charge in [-0.3, -0.25) is 9.59 Å². The average Bonchev–Trinajstić information content (AvgIpc) is 2.41. The number of carbonyl (C=O) groups excluding carboxylic acids is 2. The molecular weight excluding hydrogens is 492 g/mol. The van der Waals surface area contributed by atoms with E-state index in [0.717, 1.165) is 13.4 Å². The van der Waals surface area contributed by atoms with Crippen LogP contribution in [-0.4, -0.2) is 36.5 Å². The van der Waals surface area contributed by atoms with Crippen molar-refractivity contribution in [1.29, 1.82) is 0 Å². The first kappa shape index (κ1) is 19.0. The van der Waals surface area contributed by atoms with Crippen LogP contribution in [0.2, 0.25) is 0 Å². The van der Waals surface area contributed by atoms with Crippen LogP contribution in [0, 0.1) is 0 Å². The standard InChI is InChI=1S/C12H13Br3N2O3S/c1-20-12(19)9(16)4-21-5-10(18)17-11-7(14)2-6(13)3-8(11)15/h2-3,9H,4-5,16H2,1H3,(H,17,18). The van der Waals surface area contributed by atoms with Crippen LogP contribution >= 0.6 is 59.6 Å². The van der Waals surface area contributed by atoms with Crippen molar-refractivity contribution in [2.75, 3.05) is 23.9 Å². The number of nitrogens with two attached hydrogens (primary N) is 1. The Morgan fingerprint density at radius 2 is 1.90 bits per heavy atom. The number of esters is 1. The molecule has 1 amide bonds. The first-order valence-corrected chi connectivity index (χ1v) is 9.24. The van der Waals surface area contributed by atoms with Crippen molar-refractivity contribution in [1.82, 2.24) is 0 Å². The van der Waals surface area contributed by atoms with E-state index in [-0.39, 0.29) is 11.7 Å². The minimum Gasteiger partial charge on any atom is -0.468 e. The molecule has 1 unspecified atom stereocenters. The second-order valence-corrected chi connectivity index (χ2v) is 7.59. The highest BCUT2D eigenvalue weighted by Crippen LogP contribution is 2.34. The maximum absolute atomic E-state index is 11.9. The Kier molecular flexibility index (Phi) is 8.25. The van der Waals surface area contributed by atoms with E-state index in [0.29, 0.717) is 11.4 Å². The number of carbonyl (C=O) groups is 2. The smallest absolute Gasteiger partial charge is 0.323 e. The molecule has 1 aromatic carbocycles. The topological polar surface area (TPSA) is 81.4 Å². The van der Waals surface area contributed by atoms with Gasteiger partial charge in [0.25, 0.3) is 0 Å². The number of amides is 1. The molecule has 0 aliphatic rings. The van der Waals surface area contributed by atoms with Gasteiger partial charge >= 0.3 is 5.97 Å². The number of rotatable bonds is 6. The van der Waals surface area contributed by atoms with Crippen molar-refractivity contribution in [3.8, 4) is 0 Å². The van der Waals surface area contributed by atoms with Gasteiger partial charge in [0, 0.05) is 19.2 Å². The predicted octanol–water partition coefficient (Wildman–Crippen LogP) is 3.15. The average molecular weight is 505 g/mol. The Bertz CT molecular complexity index is 519. The Labute approximate surface area is 152 Å². The van der Waals surface area contributed by atoms with Crippen LogP contribution in [0.3, 0.4) is 0 Å². The van der Waals surface area contributed by atoms with Gasteiger partial charge in [-0.2, -0.15) is 0 Å². The first-order valence-electron chi connectivity index (χ1n) is 5.70. The molecular formula is C12H13Br3N2O3S. The Balaban J connectivity index is 2.50. The van der Waals surface area contributed by atoms with Gasteiger partial charge in [-0.15, -0.1) is 11.8 Å². The van der Waals surface area contributed by atoms with Gasteiger partial charge in [-0.25, -0.2) is 0 Å². The number of methoxy groups -OCH3 is 1. The highest BCUT2D eigenvalue weighted by atomic mass is 79.9. The van der Waals surface area contributed by atoms with Gasteiger partial charge in [-0.05, 0) is 44.0 Å². The maximum atomic E-state index is 11.9. The molecule has 0 saturated heterocycles. The van der Waals surface area contributed by atoms with E-state index in [1.807, 2.05) is 12.1 Å². The summed E-state index contributed by atoms with van der Waals surface area (Å²) in [5, 5.41) is 2.79. The normalized spacial score (nSPS) is 11.9. The summed E-state index contributed by atoms with van der Waals surface area (Å²) in [4.78, 5) is 23.0. The number of hydrogen-bond acceptors (Lipinski definition) is 5. The Morgan fingerprint density at radius 1 is 1.33 bits per heavy atom. The van der Waals surface area contributed by atoms with Crippen molar-refractivity contribution < 1.29 is 14.3 Å². The largest absolute Gasteiger partial charge is 0.468 e. The van der Waals surface area contributed by atoms with E-state index >= 15 is 0 Å². The van der Waals surface area contributed by atoms with Crippen molar-refractivity contribution in [2.24, 2.45) is 5.73 Å². The van der Waals surface area contributed by atoms with Crippen molar-refractivity contribution >= 4 is 77.1 Å². The first-order chi connectivity index (χ1) is 9.85. The number of hydrogen-bond donors (Lipinski definition) is 2. The summed E-state index contributed by atoms with van der Waals surface area (Å²) in [6, 6.07) is 2.94. The van der Waals surface area contributed by atoms with Gasteiger partial charge in [0.05, 0.1) is 18.6 Å². The molecule has 21 heavy (non-hydrogen) atoms. The number of halogens is 3. The lowest BCUT2D eigenvalue weighted by Gasteiger charge is -2.11. The van der Waals surface area contributed by atoms with Crippen LogP contribution in [0.4, 0.5) is 5.69 Å². The number of ether oxygens (including phenoxy) is 1. The molecule has 0 aromatic heterocycles. The molecule has 3 N–H and O–H groups in total. The fourth-order valence-electron chi connectivity index (χ4n) is 1.34. The molecule has 9 heteroatoms. The zero-order valence-corrected chi connectivity index (χ0v) is 16.6. The summed E-state index contributed by atoms with van der Waals surface area (Å²) in [5.41, 5.74) is 6.24. The molecule has 0 fully saturated rings. The van der Waals surface area contributed by atoms with Gasteiger partial charge < -0.3 is 15.8 Å². The lowest BCUT2D eigenvalue weighted by Crippen LogP contribution is -2.34. The Hall–Kier alpha value is -0.0900. The van der Waals surface area contributed by atoms with Crippen LogP contribution < -0.4 is 11.1 Å². The maximum Gasteiger partial charge on any atom is 0.323 e. The lowest BCUT2D eigenvalue weighted by molar-refractivity contribution is -0.141. The number of thioether (sulfide) groups is 1. The van der Waals surface area contributed by atoms with Crippen LogP contribution in [0.5, 0.6) is 0 Å². The van der Waals surface area contributed by atoms with Crippen LogP contribution in [0.1, 0.15) is 0 Å². The molecule has 1 rings (SSSR count). The second-order valence-electron chi connectivity index (χ2n) is 3.94. The van der Waals surface area contributed by atoms with E-state index in [1.165, 1.54) is 18.9 Å². The number of nitrogens with one attached hydrogen (secondary N) is 1. The predicted molar refractivity (Wildman–Crippen MR) is 95.5 cm³/mol. The van der Waals surface area contributed by atoms with E-state index in [4.69, 9.17) is 5.73 Å². The van der Waals surface area contributed by atoms with E-state index in [9.17, 15) is 9.59 Å². The highest BCUT2D eigenvalue weighted by molar-refractivity contribution is 9.11. The van der Waals surface area contributed by atoms with E-state index < -0.39 is 12.0 Å². The molecule has 0 spiro atoms. The van der Waals surface area contributed by atoms with Crippen LogP contribution in [-0.2, 0) is 14.3 Å². The fraction of sp³-hybridized carbons (Fsp3) is 0.333. The second kappa shape index (κ2) is 9.14. The third-order valence-electron chi connectivity index (χ3n) is 2.31. The van der Waals surface area contributed by atoms with E-state index in [2.05, 4.69) is 57.8 Å². The van der Waals surface area contributed by atoms with Crippen molar-refractivity contribution in [3.05, 3.63) is 25.6 Å². The number of benzene rings is 1. The monoisotopic (exact) mass is 502 g/mol. The summed E-state index contributed by atoms with van der Waals surface area (Å²) in [6.07, 6.45) is 0. The SMILES string of the molecule is COC(=O)C(N)CSCC(=O)Nc1c(Br)cc(Br)cc1Br. The molecule has 0 bridgehead atoms. The zero-order valence-electron chi connectivity index (χ0n) is 11.0. The molecule has 0 saturated carbocycles. The van der Waals surface area contributed by atoms with Gasteiger partial charge in [-0.1, -0.05) is 15.9 Å². The van der Waals surface area contributed by atoms with Gasteiger partial charge in [0.1, 0.15) is 6.04 Å². The molecule has 1 aromatic rings. The van der Waals surface area contributed by atoms with E-state index in [1.54, 1.807) is 0 Å². The molecule has 0 aliphatic carbocycles. The summed E-state index contributed by atoms with van der Waals surface area (Å²) in [5.74, 6) is -0.148. The lowest BCUT2D eigenvalue weighted by atomic mass is 10.3. The van der Waals surface area contributed by atoms with Crippen LogP contribution in [0.15, 0.2) is 25.6 Å². The third-order valence-corrected chi connectivity index (χ3v) is 5.08. The third kappa shape index (κ3) is 6.27. The zero-order chi connectivity index (χ0) is 16.0. The summed E-state index contributed by atoms with van der Waals surface area (Å²) in [7, 11) is 1.28. The molecule has 5 nitrogen and oxygen atoms in total. The summed E-state index contributed by atoms with van der Waals surface area (Å²) < 4.78 is 6.92. The van der Waals surface area contributed by atoms with Crippen molar-refractivity contribution in [2.45, 2.75) is 6.04 Å². The molecule has 116 valence electrons. The van der Waals surface area contributed by atoms with Crippen LogP contribution in [0.25, 0.3) is 0 Å². The minimum atomic E-state index is -0.723.